The smallest absolute Gasteiger partial charge is 0.264 e. The molecule has 3 aromatic rings. The molecule has 0 aliphatic carbocycles. The van der Waals surface area contributed by atoms with E-state index in [1.807, 2.05) is 27.7 Å². The fraction of sp³-hybridized carbons (Fsp3) is 0.310. The molecule has 0 spiro atoms. The lowest BCUT2D eigenvalue weighted by Crippen LogP contribution is -2.55. The van der Waals surface area contributed by atoms with E-state index < -0.39 is 34.1 Å². The van der Waals surface area contributed by atoms with E-state index >= 15 is 0 Å². The highest BCUT2D eigenvalue weighted by atomic mass is 35.5. The van der Waals surface area contributed by atoms with Crippen LogP contribution >= 0.6 is 23.2 Å². The number of hydrogen-bond donors (Lipinski definition) is 1. The van der Waals surface area contributed by atoms with Gasteiger partial charge in [-0.3, -0.25) is 13.9 Å². The third-order valence-electron chi connectivity index (χ3n) is 5.87. The summed E-state index contributed by atoms with van der Waals surface area (Å²) < 4.78 is 28.6. The highest BCUT2D eigenvalue weighted by Crippen LogP contribution is 2.26. The number of rotatable bonds is 10. The molecule has 0 heterocycles. The molecule has 7 nitrogen and oxygen atoms in total. The average molecular weight is 591 g/mol. The van der Waals surface area contributed by atoms with Gasteiger partial charge in [0.2, 0.25) is 11.8 Å². The number of amides is 2. The molecule has 0 saturated carbocycles. The van der Waals surface area contributed by atoms with Gasteiger partial charge in [0.1, 0.15) is 12.6 Å². The fourth-order valence-corrected chi connectivity index (χ4v) is 5.68. The van der Waals surface area contributed by atoms with Crippen molar-refractivity contribution in [3.05, 3.63) is 94.5 Å². The summed E-state index contributed by atoms with van der Waals surface area (Å²) in [6.45, 7) is 6.97. The van der Waals surface area contributed by atoms with Crippen molar-refractivity contribution >= 4 is 50.7 Å². The first-order chi connectivity index (χ1) is 18.3. The summed E-state index contributed by atoms with van der Waals surface area (Å²) in [4.78, 5) is 28.7. The molecule has 0 radical (unpaired) electrons. The van der Waals surface area contributed by atoms with E-state index in [4.69, 9.17) is 23.2 Å². The van der Waals surface area contributed by atoms with Gasteiger partial charge < -0.3 is 10.2 Å². The molecule has 0 aliphatic rings. The van der Waals surface area contributed by atoms with Crippen LogP contribution in [-0.4, -0.2) is 43.3 Å². The van der Waals surface area contributed by atoms with Crippen LogP contribution < -0.4 is 9.62 Å². The Morgan fingerprint density at radius 1 is 0.872 bits per heavy atom. The molecular weight excluding hydrogens is 557 g/mol. The Kier molecular flexibility index (Phi) is 10.0. The van der Waals surface area contributed by atoms with Gasteiger partial charge in [0.25, 0.3) is 10.0 Å². The Balaban J connectivity index is 2.04. The van der Waals surface area contributed by atoms with Gasteiger partial charge in [-0.25, -0.2) is 8.42 Å². The Labute approximate surface area is 240 Å². The van der Waals surface area contributed by atoms with Crippen LogP contribution in [0.5, 0.6) is 0 Å². The molecule has 0 bridgehead atoms. The topological polar surface area (TPSA) is 86.8 Å². The minimum atomic E-state index is -4.15. The first-order valence-corrected chi connectivity index (χ1v) is 14.7. The van der Waals surface area contributed by atoms with Crippen LogP contribution in [0.1, 0.15) is 39.7 Å². The quantitative estimate of drug-likeness (QED) is 0.318. The van der Waals surface area contributed by atoms with Crippen molar-refractivity contribution in [1.82, 2.24) is 10.2 Å². The second kappa shape index (κ2) is 12.9. The summed E-state index contributed by atoms with van der Waals surface area (Å²) in [5.74, 6) is -0.846. The van der Waals surface area contributed by atoms with Crippen LogP contribution in [0.3, 0.4) is 0 Å². The van der Waals surface area contributed by atoms with Crippen molar-refractivity contribution in [3.8, 4) is 0 Å². The van der Waals surface area contributed by atoms with E-state index in [2.05, 4.69) is 5.32 Å². The predicted octanol–water partition coefficient (Wildman–Crippen LogP) is 5.91. The summed E-state index contributed by atoms with van der Waals surface area (Å²) in [6, 6.07) is 20.3. The number of carbonyl (C=O) groups is 2. The highest BCUT2D eigenvalue weighted by Gasteiger charge is 2.34. The van der Waals surface area contributed by atoms with E-state index in [1.165, 1.54) is 29.2 Å². The van der Waals surface area contributed by atoms with Gasteiger partial charge in [0, 0.05) is 22.1 Å². The lowest BCUT2D eigenvalue weighted by atomic mass is 10.1. The summed E-state index contributed by atoms with van der Waals surface area (Å²) >= 11 is 12.0. The summed E-state index contributed by atoms with van der Waals surface area (Å²) in [6.07, 6.45) is 0.330. The molecule has 2 amide bonds. The average Bonchev–Trinajstić information content (AvgIpc) is 2.87. The lowest BCUT2D eigenvalue weighted by Gasteiger charge is -2.34. The summed E-state index contributed by atoms with van der Waals surface area (Å²) in [5, 5.41) is 3.88. The number of sulfonamides is 1. The van der Waals surface area contributed by atoms with Crippen LogP contribution in [0.25, 0.3) is 0 Å². The van der Waals surface area contributed by atoms with Crippen LogP contribution in [-0.2, 0) is 26.2 Å². The van der Waals surface area contributed by atoms with Gasteiger partial charge in [-0.1, -0.05) is 60.5 Å². The number of para-hydroxylation sites is 1. The molecular formula is C29H33Cl2N3O4S. The molecule has 1 unspecified atom stereocenters. The van der Waals surface area contributed by atoms with Crippen molar-refractivity contribution in [2.75, 3.05) is 10.8 Å². The van der Waals surface area contributed by atoms with Crippen LogP contribution in [0, 0.1) is 0 Å². The lowest BCUT2D eigenvalue weighted by molar-refractivity contribution is -0.141. The molecule has 208 valence electrons. The zero-order chi connectivity index (χ0) is 28.8. The van der Waals surface area contributed by atoms with Crippen molar-refractivity contribution in [2.45, 2.75) is 57.1 Å². The number of anilines is 1. The van der Waals surface area contributed by atoms with Crippen molar-refractivity contribution in [3.63, 3.8) is 0 Å². The van der Waals surface area contributed by atoms with Gasteiger partial charge in [0.15, 0.2) is 0 Å². The second-order valence-corrected chi connectivity index (χ2v) is 12.8. The SMILES string of the molecule is CCC(C(=O)NC(C)(C)C)N(Cc1ccc(Cl)cc1)C(=O)CN(c1ccccc1)S(=O)(=O)c1ccc(Cl)cc1. The van der Waals surface area contributed by atoms with Crippen LogP contribution in [0.2, 0.25) is 10.0 Å². The molecule has 3 aromatic carbocycles. The molecule has 3 rings (SSSR count). The maximum Gasteiger partial charge on any atom is 0.264 e. The standard InChI is InChI=1S/C29H33Cl2N3O4S/c1-5-26(28(36)32-29(2,3)4)33(19-21-11-13-22(30)14-12-21)27(35)20-34(24-9-7-6-8-10-24)39(37,38)25-17-15-23(31)16-18-25/h6-18,26H,5,19-20H2,1-4H3,(H,32,36). The molecule has 0 fully saturated rings. The first-order valence-electron chi connectivity index (χ1n) is 12.5. The van der Waals surface area contributed by atoms with E-state index in [0.29, 0.717) is 22.2 Å². The van der Waals surface area contributed by atoms with Crippen molar-refractivity contribution < 1.29 is 18.0 Å². The minimum Gasteiger partial charge on any atom is -0.350 e. The minimum absolute atomic E-state index is 0.00896. The zero-order valence-corrected chi connectivity index (χ0v) is 24.7. The fourth-order valence-electron chi connectivity index (χ4n) is 4.02. The van der Waals surface area contributed by atoms with E-state index in [0.717, 1.165) is 9.87 Å². The van der Waals surface area contributed by atoms with Crippen LogP contribution in [0.15, 0.2) is 83.8 Å². The molecule has 39 heavy (non-hydrogen) atoms. The Bertz CT molecular complexity index is 1370. The van der Waals surface area contributed by atoms with E-state index in [9.17, 15) is 18.0 Å². The Morgan fingerprint density at radius 2 is 1.41 bits per heavy atom. The molecule has 0 saturated heterocycles. The monoisotopic (exact) mass is 589 g/mol. The third-order valence-corrected chi connectivity index (χ3v) is 8.17. The van der Waals surface area contributed by atoms with Gasteiger partial charge in [-0.2, -0.15) is 0 Å². The number of halogens is 2. The molecule has 1 N–H and O–H groups in total. The molecule has 0 aromatic heterocycles. The van der Waals surface area contributed by atoms with Gasteiger partial charge in [-0.05, 0) is 81.3 Å². The maximum absolute atomic E-state index is 14.0. The van der Waals surface area contributed by atoms with Crippen molar-refractivity contribution in [1.29, 1.82) is 0 Å². The van der Waals surface area contributed by atoms with Crippen molar-refractivity contribution in [2.24, 2.45) is 0 Å². The van der Waals surface area contributed by atoms with Gasteiger partial charge >= 0.3 is 0 Å². The predicted molar refractivity (Wildman–Crippen MR) is 156 cm³/mol. The molecule has 1 atom stereocenters. The first kappa shape index (κ1) is 30.5. The number of nitrogens with one attached hydrogen (secondary N) is 1. The second-order valence-electron chi connectivity index (χ2n) is 10.1. The normalized spacial score (nSPS) is 12.5. The van der Waals surface area contributed by atoms with Gasteiger partial charge in [-0.15, -0.1) is 0 Å². The number of carbonyl (C=O) groups excluding carboxylic acids is 2. The largest absolute Gasteiger partial charge is 0.350 e. The number of hydrogen-bond acceptors (Lipinski definition) is 4. The maximum atomic E-state index is 14.0. The number of nitrogens with zero attached hydrogens (tertiary/aromatic N) is 2. The van der Waals surface area contributed by atoms with E-state index in [-0.39, 0.29) is 17.3 Å². The van der Waals surface area contributed by atoms with Crippen LogP contribution in [0.4, 0.5) is 5.69 Å². The molecule has 0 aliphatic heterocycles. The van der Waals surface area contributed by atoms with Gasteiger partial charge in [0.05, 0.1) is 10.6 Å². The third kappa shape index (κ3) is 8.21. The zero-order valence-electron chi connectivity index (χ0n) is 22.4. The van der Waals surface area contributed by atoms with E-state index in [1.54, 1.807) is 54.6 Å². The number of benzene rings is 3. The Hall–Kier alpha value is -3.07. The highest BCUT2D eigenvalue weighted by molar-refractivity contribution is 7.92. The Morgan fingerprint density at radius 3 is 1.92 bits per heavy atom. The summed E-state index contributed by atoms with van der Waals surface area (Å²) in [5.41, 5.74) is 0.550. The summed E-state index contributed by atoms with van der Waals surface area (Å²) in [7, 11) is -4.15. The molecule has 10 heteroatoms.